The van der Waals surface area contributed by atoms with Crippen LogP contribution in [0.3, 0.4) is 0 Å². The molecule has 0 saturated carbocycles. The van der Waals surface area contributed by atoms with Crippen molar-refractivity contribution in [2.45, 2.75) is 80.1 Å². The Morgan fingerprint density at radius 1 is 0.400 bits per heavy atom. The molecule has 0 radical (unpaired) electrons. The Hall–Kier alpha value is -4.71. The molecule has 0 unspecified atom stereocenters. The van der Waals surface area contributed by atoms with Gasteiger partial charge in [0.15, 0.2) is 0 Å². The first-order valence-electron chi connectivity index (χ1n) is 16.2. The fraction of sp³-hybridized carbons (Fsp3) is 0.308. The molecule has 0 saturated heterocycles. The zero-order valence-corrected chi connectivity index (χ0v) is 27.4. The molecule has 0 fully saturated rings. The number of anilines is 3. The highest BCUT2D eigenvalue weighted by Crippen LogP contribution is 2.27. The van der Waals surface area contributed by atoms with Gasteiger partial charge in [-0.1, -0.05) is 96.1 Å². The average molecular weight is 604 g/mol. The molecule has 0 aromatic heterocycles. The van der Waals surface area contributed by atoms with Gasteiger partial charge in [-0.2, -0.15) is 0 Å². The molecule has 0 aliphatic carbocycles. The molecule has 4 aromatic rings. The summed E-state index contributed by atoms with van der Waals surface area (Å²) >= 11 is 0. The van der Waals surface area contributed by atoms with E-state index in [1.54, 1.807) is 18.2 Å². The van der Waals surface area contributed by atoms with Crippen LogP contribution in [0.1, 0.15) is 106 Å². The van der Waals surface area contributed by atoms with Crippen molar-refractivity contribution in [3.05, 3.63) is 123 Å². The minimum atomic E-state index is -0.374. The van der Waals surface area contributed by atoms with Gasteiger partial charge in [-0.05, 0) is 90.1 Å². The van der Waals surface area contributed by atoms with E-state index in [-0.39, 0.29) is 34.4 Å². The van der Waals surface area contributed by atoms with Gasteiger partial charge in [0.1, 0.15) is 0 Å². The van der Waals surface area contributed by atoms with E-state index in [0.29, 0.717) is 0 Å². The van der Waals surface area contributed by atoms with Gasteiger partial charge in [-0.3, -0.25) is 14.4 Å². The van der Waals surface area contributed by atoms with Crippen LogP contribution in [0, 0.1) is 0 Å². The Kier molecular flexibility index (Phi) is 11.3. The highest BCUT2D eigenvalue weighted by Gasteiger charge is 2.21. The van der Waals surface area contributed by atoms with Crippen LogP contribution in [0.25, 0.3) is 0 Å². The standard InChI is InChI=1S/C39H45N3O3/c1-7-25-16-13-17-26(8-2)34(25)40-37(43)31-22-32(38(44)41-35-27(9-3)18-14-19-28(35)10-4)24-33(23-31)39(45)42-36-29(11-5)20-15-21-30(36)12-6/h13-24H,7-12H2,1-6H3,(H,40,43)(H,41,44)(H,42,45). The van der Waals surface area contributed by atoms with Gasteiger partial charge < -0.3 is 16.0 Å². The van der Waals surface area contributed by atoms with Crippen LogP contribution in [0.15, 0.2) is 72.8 Å². The summed E-state index contributed by atoms with van der Waals surface area (Å²) in [4.78, 5) is 41.5. The average Bonchev–Trinajstić information content (AvgIpc) is 3.07. The Balaban J connectivity index is 1.79. The van der Waals surface area contributed by atoms with E-state index >= 15 is 0 Å². The monoisotopic (exact) mass is 603 g/mol. The first-order valence-corrected chi connectivity index (χ1v) is 16.2. The maximum atomic E-state index is 13.8. The number of rotatable bonds is 12. The maximum Gasteiger partial charge on any atom is 0.255 e. The van der Waals surface area contributed by atoms with Crippen molar-refractivity contribution >= 4 is 34.8 Å². The second kappa shape index (κ2) is 15.3. The smallest absolute Gasteiger partial charge is 0.255 e. The quantitative estimate of drug-likeness (QED) is 0.151. The van der Waals surface area contributed by atoms with Crippen molar-refractivity contribution in [3.8, 4) is 0 Å². The zero-order valence-electron chi connectivity index (χ0n) is 27.4. The van der Waals surface area contributed by atoms with E-state index in [1.807, 2.05) is 54.6 Å². The van der Waals surface area contributed by atoms with Gasteiger partial charge in [0, 0.05) is 33.8 Å². The largest absolute Gasteiger partial charge is 0.321 e. The number of amides is 3. The van der Waals surface area contributed by atoms with Gasteiger partial charge in [0.25, 0.3) is 17.7 Å². The van der Waals surface area contributed by atoms with Crippen LogP contribution in [-0.2, 0) is 38.5 Å². The van der Waals surface area contributed by atoms with Gasteiger partial charge in [-0.15, -0.1) is 0 Å². The van der Waals surface area contributed by atoms with Crippen molar-refractivity contribution in [1.29, 1.82) is 0 Å². The minimum Gasteiger partial charge on any atom is -0.321 e. The summed E-state index contributed by atoms with van der Waals surface area (Å²) in [5.41, 5.74) is 9.22. The Bertz CT molecular complexity index is 1430. The van der Waals surface area contributed by atoms with E-state index in [4.69, 9.17) is 0 Å². The third kappa shape index (κ3) is 7.51. The highest BCUT2D eigenvalue weighted by atomic mass is 16.2. The van der Waals surface area contributed by atoms with Crippen molar-refractivity contribution in [3.63, 3.8) is 0 Å². The summed E-state index contributed by atoms with van der Waals surface area (Å²) < 4.78 is 0. The molecule has 234 valence electrons. The summed E-state index contributed by atoms with van der Waals surface area (Å²) in [6.07, 6.45) is 4.54. The Morgan fingerprint density at radius 2 is 0.600 bits per heavy atom. The highest BCUT2D eigenvalue weighted by molar-refractivity contribution is 6.13. The number of para-hydroxylation sites is 3. The summed E-state index contributed by atoms with van der Waals surface area (Å²) in [6, 6.07) is 22.7. The van der Waals surface area contributed by atoms with Crippen LogP contribution in [0.4, 0.5) is 17.1 Å². The lowest BCUT2D eigenvalue weighted by Gasteiger charge is -2.18. The van der Waals surface area contributed by atoms with Crippen LogP contribution in [0.5, 0.6) is 0 Å². The second-order valence-electron chi connectivity index (χ2n) is 11.1. The lowest BCUT2D eigenvalue weighted by Crippen LogP contribution is -2.21. The first kappa shape index (κ1) is 33.2. The normalized spacial score (nSPS) is 10.8. The predicted octanol–water partition coefficient (Wildman–Crippen LogP) is 8.82. The summed E-state index contributed by atoms with van der Waals surface area (Å²) in [5.74, 6) is -1.12. The van der Waals surface area contributed by atoms with Crippen LogP contribution in [-0.4, -0.2) is 17.7 Å². The van der Waals surface area contributed by atoms with Crippen molar-refractivity contribution < 1.29 is 14.4 Å². The Morgan fingerprint density at radius 3 is 0.778 bits per heavy atom. The van der Waals surface area contributed by atoms with E-state index in [9.17, 15) is 14.4 Å². The minimum absolute atomic E-state index is 0.236. The molecule has 45 heavy (non-hydrogen) atoms. The fourth-order valence-corrected chi connectivity index (χ4v) is 5.79. The molecule has 6 nitrogen and oxygen atoms in total. The van der Waals surface area contributed by atoms with E-state index < -0.39 is 0 Å². The van der Waals surface area contributed by atoms with Crippen LogP contribution >= 0.6 is 0 Å². The third-order valence-corrected chi connectivity index (χ3v) is 8.43. The van der Waals surface area contributed by atoms with Crippen molar-refractivity contribution in [2.75, 3.05) is 16.0 Å². The Labute approximate surface area is 267 Å². The van der Waals surface area contributed by atoms with E-state index in [1.165, 1.54) is 0 Å². The lowest BCUT2D eigenvalue weighted by molar-refractivity contribution is 0.102. The molecule has 0 heterocycles. The molecular weight excluding hydrogens is 558 g/mol. The lowest BCUT2D eigenvalue weighted by atomic mass is 9.99. The van der Waals surface area contributed by atoms with Gasteiger partial charge in [0.2, 0.25) is 0 Å². The van der Waals surface area contributed by atoms with Crippen LogP contribution < -0.4 is 16.0 Å². The van der Waals surface area contributed by atoms with E-state index in [0.717, 1.165) is 89.0 Å². The van der Waals surface area contributed by atoms with E-state index in [2.05, 4.69) is 57.5 Å². The number of carbonyl (C=O) groups excluding carboxylic acids is 3. The molecule has 0 atom stereocenters. The number of benzene rings is 4. The number of hydrogen-bond donors (Lipinski definition) is 3. The first-order chi connectivity index (χ1) is 21.8. The third-order valence-electron chi connectivity index (χ3n) is 8.43. The maximum absolute atomic E-state index is 13.8. The van der Waals surface area contributed by atoms with Crippen LogP contribution in [0.2, 0.25) is 0 Å². The molecule has 0 spiro atoms. The van der Waals surface area contributed by atoms with Gasteiger partial charge in [-0.25, -0.2) is 0 Å². The van der Waals surface area contributed by atoms with Crippen molar-refractivity contribution in [2.24, 2.45) is 0 Å². The molecule has 4 aromatic carbocycles. The molecular formula is C39H45N3O3. The predicted molar refractivity (Wildman–Crippen MR) is 186 cm³/mol. The second-order valence-corrected chi connectivity index (χ2v) is 11.1. The summed E-state index contributed by atoms with van der Waals surface area (Å²) in [6.45, 7) is 12.3. The molecule has 3 amide bonds. The number of carbonyl (C=O) groups is 3. The SMILES string of the molecule is CCc1cccc(CC)c1NC(=O)c1cc(C(=O)Nc2c(CC)cccc2CC)cc(C(=O)Nc2c(CC)cccc2CC)c1. The topological polar surface area (TPSA) is 87.3 Å². The van der Waals surface area contributed by atoms with Gasteiger partial charge >= 0.3 is 0 Å². The number of hydrogen-bond acceptors (Lipinski definition) is 3. The number of aryl methyl sites for hydroxylation is 6. The number of nitrogens with one attached hydrogen (secondary N) is 3. The summed E-state index contributed by atoms with van der Waals surface area (Å²) in [7, 11) is 0. The molecule has 0 aliphatic rings. The van der Waals surface area contributed by atoms with Crippen molar-refractivity contribution in [1.82, 2.24) is 0 Å². The molecule has 6 heteroatoms. The van der Waals surface area contributed by atoms with Gasteiger partial charge in [0.05, 0.1) is 0 Å². The molecule has 0 aliphatic heterocycles. The fourth-order valence-electron chi connectivity index (χ4n) is 5.79. The molecule has 4 rings (SSSR count). The molecule has 0 bridgehead atoms. The zero-order chi connectivity index (χ0) is 32.5. The molecule has 3 N–H and O–H groups in total. The summed E-state index contributed by atoms with van der Waals surface area (Å²) in [5, 5.41) is 9.30.